The Kier molecular flexibility index (Phi) is 3.82. The van der Waals surface area contributed by atoms with E-state index >= 15 is 0 Å². The van der Waals surface area contributed by atoms with E-state index in [1.54, 1.807) is 23.0 Å². The van der Waals surface area contributed by atoms with Gasteiger partial charge in [0.1, 0.15) is 0 Å². The molecule has 1 heterocycles. The third-order valence-electron chi connectivity index (χ3n) is 2.54. The Morgan fingerprint density at radius 3 is 2.59 bits per heavy atom. The molecule has 17 heavy (non-hydrogen) atoms. The lowest BCUT2D eigenvalue weighted by Crippen LogP contribution is -2.29. The molecule has 1 N–H and O–H groups in total. The van der Waals surface area contributed by atoms with Gasteiger partial charge in [-0.15, -0.1) is 11.3 Å². The molecule has 0 spiro atoms. The summed E-state index contributed by atoms with van der Waals surface area (Å²) >= 11 is 7.40. The molecule has 4 heteroatoms. The Morgan fingerprint density at radius 2 is 2.00 bits per heavy atom. The minimum Gasteiger partial charge on any atom is -0.389 e. The quantitative estimate of drug-likeness (QED) is 0.922. The van der Waals surface area contributed by atoms with Crippen LogP contribution < -0.4 is 0 Å². The highest BCUT2D eigenvalue weighted by atomic mass is 35.5. The van der Waals surface area contributed by atoms with Gasteiger partial charge in [0.05, 0.1) is 11.1 Å². The maximum Gasteiger partial charge on any atom is 0.0794 e. The molecular formula is C13H14ClNOS. The number of hydrogen-bond donors (Lipinski definition) is 1. The summed E-state index contributed by atoms with van der Waals surface area (Å²) < 4.78 is 0. The molecule has 0 bridgehead atoms. The molecular weight excluding hydrogens is 254 g/mol. The summed E-state index contributed by atoms with van der Waals surface area (Å²) in [6, 6.07) is 7.59. The topological polar surface area (TPSA) is 33.1 Å². The molecule has 0 aliphatic carbocycles. The van der Waals surface area contributed by atoms with Crippen molar-refractivity contribution in [2.45, 2.75) is 25.4 Å². The van der Waals surface area contributed by atoms with E-state index in [0.717, 1.165) is 15.5 Å². The van der Waals surface area contributed by atoms with E-state index in [0.29, 0.717) is 12.8 Å². The second-order valence-corrected chi connectivity index (χ2v) is 5.85. The monoisotopic (exact) mass is 267 g/mol. The summed E-state index contributed by atoms with van der Waals surface area (Å²) in [6.45, 7) is 1.85. The Bertz CT molecular complexity index is 465. The van der Waals surface area contributed by atoms with Crippen LogP contribution in [-0.4, -0.2) is 15.7 Å². The Labute approximate surface area is 110 Å². The zero-order valence-electron chi connectivity index (χ0n) is 9.56. The minimum atomic E-state index is -0.750. The van der Waals surface area contributed by atoms with E-state index in [-0.39, 0.29) is 0 Å². The minimum absolute atomic E-state index is 0.613. The Morgan fingerprint density at radius 1 is 1.29 bits per heavy atom. The van der Waals surface area contributed by atoms with Crippen LogP contribution in [0.2, 0.25) is 5.02 Å². The molecule has 0 aliphatic rings. The van der Waals surface area contributed by atoms with Gasteiger partial charge in [0, 0.05) is 28.9 Å². The first-order valence-corrected chi connectivity index (χ1v) is 6.65. The van der Waals surface area contributed by atoms with Gasteiger partial charge in [-0.25, -0.2) is 0 Å². The molecule has 90 valence electrons. The van der Waals surface area contributed by atoms with Crippen molar-refractivity contribution in [3.05, 3.63) is 51.4 Å². The fraction of sp³-hybridized carbons (Fsp3) is 0.308. The number of halogens is 1. The van der Waals surface area contributed by atoms with Crippen LogP contribution in [0.25, 0.3) is 0 Å². The number of benzene rings is 1. The lowest BCUT2D eigenvalue weighted by Gasteiger charge is -2.22. The fourth-order valence-electron chi connectivity index (χ4n) is 1.81. The van der Waals surface area contributed by atoms with Gasteiger partial charge >= 0.3 is 0 Å². The van der Waals surface area contributed by atoms with Crippen LogP contribution >= 0.6 is 22.9 Å². The highest BCUT2D eigenvalue weighted by Crippen LogP contribution is 2.21. The molecule has 0 saturated heterocycles. The standard InChI is InChI=1S/C13H14ClNOS/c1-13(16,7-12-8-15-9-17-12)6-10-2-4-11(14)5-3-10/h2-5,8-9,16H,6-7H2,1H3. The smallest absolute Gasteiger partial charge is 0.0794 e. The van der Waals surface area contributed by atoms with Crippen LogP contribution in [-0.2, 0) is 12.8 Å². The molecule has 1 atom stereocenters. The second-order valence-electron chi connectivity index (χ2n) is 4.44. The molecule has 2 nitrogen and oxygen atoms in total. The van der Waals surface area contributed by atoms with Gasteiger partial charge in [-0.2, -0.15) is 0 Å². The molecule has 0 saturated carbocycles. The average molecular weight is 268 g/mol. The van der Waals surface area contributed by atoms with Crippen molar-refractivity contribution in [3.8, 4) is 0 Å². The van der Waals surface area contributed by atoms with E-state index < -0.39 is 5.60 Å². The summed E-state index contributed by atoms with van der Waals surface area (Å²) in [5, 5.41) is 11.1. The SMILES string of the molecule is CC(O)(Cc1ccc(Cl)cc1)Cc1cncs1. The average Bonchev–Trinajstić information content (AvgIpc) is 2.73. The summed E-state index contributed by atoms with van der Waals surface area (Å²) in [6.07, 6.45) is 3.05. The predicted molar refractivity (Wildman–Crippen MR) is 71.6 cm³/mol. The maximum absolute atomic E-state index is 10.4. The molecule has 2 aromatic rings. The van der Waals surface area contributed by atoms with Crippen LogP contribution in [0.1, 0.15) is 17.4 Å². The zero-order chi connectivity index (χ0) is 12.3. The van der Waals surface area contributed by atoms with Gasteiger partial charge in [-0.3, -0.25) is 4.98 Å². The lowest BCUT2D eigenvalue weighted by atomic mass is 9.93. The Balaban J connectivity index is 2.03. The highest BCUT2D eigenvalue weighted by Gasteiger charge is 2.22. The zero-order valence-corrected chi connectivity index (χ0v) is 11.1. The molecule has 0 aliphatic heterocycles. The normalized spacial score (nSPS) is 14.5. The fourth-order valence-corrected chi connectivity index (χ4v) is 2.71. The van der Waals surface area contributed by atoms with Gasteiger partial charge in [-0.05, 0) is 24.6 Å². The van der Waals surface area contributed by atoms with Crippen molar-refractivity contribution in [1.29, 1.82) is 0 Å². The van der Waals surface area contributed by atoms with E-state index in [4.69, 9.17) is 11.6 Å². The van der Waals surface area contributed by atoms with Gasteiger partial charge in [0.25, 0.3) is 0 Å². The van der Waals surface area contributed by atoms with Crippen molar-refractivity contribution in [2.24, 2.45) is 0 Å². The summed E-state index contributed by atoms with van der Waals surface area (Å²) in [5.41, 5.74) is 2.12. The van der Waals surface area contributed by atoms with Gasteiger partial charge in [-0.1, -0.05) is 23.7 Å². The van der Waals surface area contributed by atoms with Crippen molar-refractivity contribution >= 4 is 22.9 Å². The largest absolute Gasteiger partial charge is 0.389 e. The highest BCUT2D eigenvalue weighted by molar-refractivity contribution is 7.09. The maximum atomic E-state index is 10.4. The van der Waals surface area contributed by atoms with Crippen molar-refractivity contribution < 1.29 is 5.11 Å². The first-order chi connectivity index (χ1) is 8.05. The molecule has 1 unspecified atom stereocenters. The van der Waals surface area contributed by atoms with Crippen molar-refractivity contribution in [2.75, 3.05) is 0 Å². The summed E-state index contributed by atoms with van der Waals surface area (Å²) in [5.74, 6) is 0. The number of aromatic nitrogens is 1. The van der Waals surface area contributed by atoms with E-state index in [1.807, 2.05) is 31.2 Å². The molecule has 0 amide bonds. The van der Waals surface area contributed by atoms with E-state index in [9.17, 15) is 5.11 Å². The Hall–Kier alpha value is -0.900. The predicted octanol–water partition coefficient (Wildman–Crippen LogP) is 3.33. The van der Waals surface area contributed by atoms with Crippen LogP contribution in [0.5, 0.6) is 0 Å². The van der Waals surface area contributed by atoms with Crippen molar-refractivity contribution in [3.63, 3.8) is 0 Å². The first-order valence-electron chi connectivity index (χ1n) is 5.39. The van der Waals surface area contributed by atoms with Crippen molar-refractivity contribution in [1.82, 2.24) is 4.98 Å². The van der Waals surface area contributed by atoms with Gasteiger partial charge in [0.2, 0.25) is 0 Å². The number of aliphatic hydroxyl groups is 1. The van der Waals surface area contributed by atoms with Crippen LogP contribution in [0, 0.1) is 0 Å². The van der Waals surface area contributed by atoms with E-state index in [1.165, 1.54) is 0 Å². The number of nitrogens with zero attached hydrogens (tertiary/aromatic N) is 1. The number of hydrogen-bond acceptors (Lipinski definition) is 3. The third-order valence-corrected chi connectivity index (χ3v) is 3.57. The van der Waals surface area contributed by atoms with Gasteiger partial charge < -0.3 is 5.11 Å². The number of rotatable bonds is 4. The molecule has 2 rings (SSSR count). The van der Waals surface area contributed by atoms with Crippen LogP contribution in [0.15, 0.2) is 36.0 Å². The third kappa shape index (κ3) is 3.80. The number of thiazole rings is 1. The molecule has 1 aromatic carbocycles. The second kappa shape index (κ2) is 5.17. The first kappa shape index (κ1) is 12.6. The van der Waals surface area contributed by atoms with E-state index in [2.05, 4.69) is 4.98 Å². The molecule has 1 aromatic heterocycles. The molecule has 0 fully saturated rings. The summed E-state index contributed by atoms with van der Waals surface area (Å²) in [7, 11) is 0. The van der Waals surface area contributed by atoms with Crippen LogP contribution in [0.4, 0.5) is 0 Å². The van der Waals surface area contributed by atoms with Crippen LogP contribution in [0.3, 0.4) is 0 Å². The van der Waals surface area contributed by atoms with Gasteiger partial charge in [0.15, 0.2) is 0 Å². The summed E-state index contributed by atoms with van der Waals surface area (Å²) in [4.78, 5) is 5.12. The molecule has 0 radical (unpaired) electrons. The lowest BCUT2D eigenvalue weighted by molar-refractivity contribution is 0.0616.